The van der Waals surface area contributed by atoms with E-state index in [0.717, 1.165) is 24.0 Å². The van der Waals surface area contributed by atoms with Crippen molar-refractivity contribution in [3.8, 4) is 11.4 Å². The third-order valence-corrected chi connectivity index (χ3v) is 4.98. The fraction of sp³-hybridized carbons (Fsp3) is 0. The van der Waals surface area contributed by atoms with Gasteiger partial charge in [-0.2, -0.15) is 0 Å². The summed E-state index contributed by atoms with van der Waals surface area (Å²) in [6, 6.07) is 9.74. The van der Waals surface area contributed by atoms with Crippen LogP contribution in [-0.2, 0) is 0 Å². The van der Waals surface area contributed by atoms with E-state index in [1.165, 1.54) is 0 Å². The van der Waals surface area contributed by atoms with Gasteiger partial charge in [-0.15, -0.1) is 11.3 Å². The zero-order chi connectivity index (χ0) is 13.4. The molecule has 0 saturated carbocycles. The zero-order valence-electron chi connectivity index (χ0n) is 9.52. The second-order valence-electron chi connectivity index (χ2n) is 3.80. The Labute approximate surface area is 130 Å². The molecule has 3 aromatic rings. The lowest BCUT2D eigenvalue weighted by Gasteiger charge is -2.07. The Morgan fingerprint density at radius 2 is 1.95 bits per heavy atom. The summed E-state index contributed by atoms with van der Waals surface area (Å²) in [5, 5.41) is 0.902. The number of nitrogens with two attached hydrogens (primary N) is 1. The molecule has 0 radical (unpaired) electrons. The SMILES string of the molecule is NNc1nc(-c2cc(Br)sc2Br)nc2ccccc12. The van der Waals surface area contributed by atoms with Crippen LogP contribution in [0.5, 0.6) is 0 Å². The van der Waals surface area contributed by atoms with Gasteiger partial charge in [0.2, 0.25) is 0 Å². The van der Waals surface area contributed by atoms with Gasteiger partial charge in [-0.3, -0.25) is 0 Å². The van der Waals surface area contributed by atoms with Crippen LogP contribution in [0.2, 0.25) is 0 Å². The number of hydrogen-bond acceptors (Lipinski definition) is 5. The van der Waals surface area contributed by atoms with E-state index in [2.05, 4.69) is 47.3 Å². The lowest BCUT2D eigenvalue weighted by molar-refractivity contribution is 1.19. The molecule has 1 aromatic carbocycles. The van der Waals surface area contributed by atoms with Crippen LogP contribution in [0.25, 0.3) is 22.3 Å². The Morgan fingerprint density at radius 1 is 1.16 bits per heavy atom. The minimum Gasteiger partial charge on any atom is -0.308 e. The second kappa shape index (κ2) is 5.16. The van der Waals surface area contributed by atoms with E-state index in [1.807, 2.05) is 30.3 Å². The van der Waals surface area contributed by atoms with Crippen LogP contribution in [0.3, 0.4) is 0 Å². The molecule has 19 heavy (non-hydrogen) atoms. The molecule has 7 heteroatoms. The predicted molar refractivity (Wildman–Crippen MR) is 86.1 cm³/mol. The van der Waals surface area contributed by atoms with Crippen molar-refractivity contribution in [3.63, 3.8) is 0 Å². The standard InChI is InChI=1S/C12H8Br2N4S/c13-9-5-7(10(14)19-9)11-16-8-4-2-1-3-6(8)12(17-11)18-15/h1-5H,15H2,(H,16,17,18). The monoisotopic (exact) mass is 398 g/mol. The summed E-state index contributed by atoms with van der Waals surface area (Å²) in [4.78, 5) is 9.05. The Kier molecular flexibility index (Phi) is 3.53. The van der Waals surface area contributed by atoms with E-state index in [4.69, 9.17) is 5.84 Å². The number of para-hydroxylation sites is 1. The van der Waals surface area contributed by atoms with Crippen LogP contribution in [0.4, 0.5) is 5.82 Å². The fourth-order valence-electron chi connectivity index (χ4n) is 1.80. The lowest BCUT2D eigenvalue weighted by atomic mass is 10.2. The molecule has 4 nitrogen and oxygen atoms in total. The van der Waals surface area contributed by atoms with Crippen molar-refractivity contribution in [3.05, 3.63) is 37.9 Å². The van der Waals surface area contributed by atoms with Crippen molar-refractivity contribution in [2.45, 2.75) is 0 Å². The summed E-state index contributed by atoms with van der Waals surface area (Å²) in [5.74, 6) is 6.81. The first kappa shape index (κ1) is 13.0. The largest absolute Gasteiger partial charge is 0.308 e. The van der Waals surface area contributed by atoms with E-state index in [0.29, 0.717) is 11.6 Å². The highest BCUT2D eigenvalue weighted by atomic mass is 79.9. The number of hydrogen-bond donors (Lipinski definition) is 2. The van der Waals surface area contributed by atoms with Gasteiger partial charge in [0.25, 0.3) is 0 Å². The molecule has 2 aromatic heterocycles. The van der Waals surface area contributed by atoms with Crippen molar-refractivity contribution in [2.75, 3.05) is 5.43 Å². The topological polar surface area (TPSA) is 63.8 Å². The maximum Gasteiger partial charge on any atom is 0.164 e. The van der Waals surface area contributed by atoms with Gasteiger partial charge in [-0.1, -0.05) is 12.1 Å². The molecule has 3 N–H and O–H groups in total. The maximum absolute atomic E-state index is 5.55. The third-order valence-electron chi connectivity index (χ3n) is 2.64. The van der Waals surface area contributed by atoms with Crippen molar-refractivity contribution >= 4 is 59.9 Å². The molecule has 0 aliphatic carbocycles. The molecule has 2 heterocycles. The summed E-state index contributed by atoms with van der Waals surface area (Å²) < 4.78 is 2.01. The fourth-order valence-corrected chi connectivity index (χ4v) is 4.59. The van der Waals surface area contributed by atoms with Crippen LogP contribution in [-0.4, -0.2) is 9.97 Å². The molecule has 0 aliphatic heterocycles. The van der Waals surface area contributed by atoms with Crippen LogP contribution < -0.4 is 11.3 Å². The zero-order valence-corrected chi connectivity index (χ0v) is 13.5. The van der Waals surface area contributed by atoms with Gasteiger partial charge in [-0.05, 0) is 50.1 Å². The van der Waals surface area contributed by atoms with E-state index < -0.39 is 0 Å². The first-order valence-corrected chi connectivity index (χ1v) is 7.78. The minimum absolute atomic E-state index is 0.620. The molecule has 0 spiro atoms. The predicted octanol–water partition coefficient (Wildman–Crippen LogP) is 4.17. The number of nitrogens with one attached hydrogen (secondary N) is 1. The van der Waals surface area contributed by atoms with Crippen molar-refractivity contribution in [1.29, 1.82) is 0 Å². The normalized spacial score (nSPS) is 10.9. The molecule has 0 bridgehead atoms. The molecule has 3 rings (SSSR count). The Balaban J connectivity index is 2.28. The van der Waals surface area contributed by atoms with Crippen molar-refractivity contribution < 1.29 is 0 Å². The molecule has 96 valence electrons. The average molecular weight is 400 g/mol. The quantitative estimate of drug-likeness (QED) is 0.501. The maximum atomic E-state index is 5.55. The number of anilines is 1. The molecule has 0 aliphatic rings. The van der Waals surface area contributed by atoms with Crippen molar-refractivity contribution in [2.24, 2.45) is 5.84 Å². The molecular formula is C12H8Br2N4S. The Morgan fingerprint density at radius 3 is 2.63 bits per heavy atom. The van der Waals surface area contributed by atoms with Crippen LogP contribution >= 0.6 is 43.2 Å². The number of fused-ring (bicyclic) bond motifs is 1. The van der Waals surface area contributed by atoms with Gasteiger partial charge in [0.15, 0.2) is 11.6 Å². The molecular weight excluding hydrogens is 392 g/mol. The second-order valence-corrected chi connectivity index (χ2v) is 7.54. The highest BCUT2D eigenvalue weighted by molar-refractivity contribution is 9.12. The molecule has 0 saturated heterocycles. The molecule has 0 atom stereocenters. The Hall–Kier alpha value is -1.02. The Bertz CT molecular complexity index is 757. The van der Waals surface area contributed by atoms with Crippen LogP contribution in [0, 0.1) is 0 Å². The number of rotatable bonds is 2. The average Bonchev–Trinajstić information content (AvgIpc) is 2.76. The third kappa shape index (κ3) is 2.38. The number of thiophene rings is 1. The van der Waals surface area contributed by atoms with Gasteiger partial charge in [-0.25, -0.2) is 15.8 Å². The number of aromatic nitrogens is 2. The number of benzene rings is 1. The van der Waals surface area contributed by atoms with Gasteiger partial charge >= 0.3 is 0 Å². The van der Waals surface area contributed by atoms with E-state index in [1.54, 1.807) is 11.3 Å². The van der Waals surface area contributed by atoms with Gasteiger partial charge in [0.05, 0.1) is 13.1 Å². The van der Waals surface area contributed by atoms with Gasteiger partial charge in [0, 0.05) is 10.9 Å². The highest BCUT2D eigenvalue weighted by Gasteiger charge is 2.13. The van der Waals surface area contributed by atoms with E-state index in [9.17, 15) is 0 Å². The smallest absolute Gasteiger partial charge is 0.164 e. The van der Waals surface area contributed by atoms with Crippen molar-refractivity contribution in [1.82, 2.24) is 9.97 Å². The number of hydrazine groups is 1. The van der Waals surface area contributed by atoms with Crippen LogP contribution in [0.15, 0.2) is 37.9 Å². The lowest BCUT2D eigenvalue weighted by Crippen LogP contribution is -2.10. The van der Waals surface area contributed by atoms with E-state index in [-0.39, 0.29) is 0 Å². The number of nitrogen functional groups attached to an aromatic ring is 1. The van der Waals surface area contributed by atoms with Crippen LogP contribution in [0.1, 0.15) is 0 Å². The molecule has 0 fully saturated rings. The minimum atomic E-state index is 0.620. The summed E-state index contributed by atoms with van der Waals surface area (Å²) in [7, 11) is 0. The molecule has 0 unspecified atom stereocenters. The number of nitrogens with zero attached hydrogens (tertiary/aromatic N) is 2. The van der Waals surface area contributed by atoms with E-state index >= 15 is 0 Å². The molecule has 0 amide bonds. The summed E-state index contributed by atoms with van der Waals surface area (Å²) in [5.41, 5.74) is 4.43. The van der Waals surface area contributed by atoms with Gasteiger partial charge in [0.1, 0.15) is 0 Å². The first-order valence-electron chi connectivity index (χ1n) is 5.37. The summed E-state index contributed by atoms with van der Waals surface area (Å²) in [6.45, 7) is 0. The summed E-state index contributed by atoms with van der Waals surface area (Å²) >= 11 is 8.56. The number of halogens is 2. The highest BCUT2D eigenvalue weighted by Crippen LogP contribution is 2.38. The first-order chi connectivity index (χ1) is 9.19. The van der Waals surface area contributed by atoms with Gasteiger partial charge < -0.3 is 5.43 Å². The summed E-state index contributed by atoms with van der Waals surface area (Å²) in [6.07, 6.45) is 0.